The van der Waals surface area contributed by atoms with E-state index in [-0.39, 0.29) is 11.7 Å². The van der Waals surface area contributed by atoms with Gasteiger partial charge in [0.05, 0.1) is 11.5 Å². The molecular formula is C15H23FN4. The molecule has 1 fully saturated rings. The minimum Gasteiger partial charge on any atom is -0.388 e. The summed E-state index contributed by atoms with van der Waals surface area (Å²) in [7, 11) is 0. The highest BCUT2D eigenvalue weighted by Crippen LogP contribution is 2.20. The summed E-state index contributed by atoms with van der Waals surface area (Å²) in [6.07, 6.45) is 2.73. The SMILES string of the molecule is N=C(N)CCCCN1CCN(c2ccccc2F)CC1. The number of hydrogen-bond acceptors (Lipinski definition) is 3. The predicted octanol–water partition coefficient (Wildman–Crippen LogP) is 2.05. The van der Waals surface area contributed by atoms with E-state index in [4.69, 9.17) is 11.1 Å². The third-order valence-electron chi connectivity index (χ3n) is 3.74. The van der Waals surface area contributed by atoms with Gasteiger partial charge in [-0.2, -0.15) is 0 Å². The van der Waals surface area contributed by atoms with Gasteiger partial charge in [-0.15, -0.1) is 0 Å². The van der Waals surface area contributed by atoms with E-state index >= 15 is 0 Å². The molecule has 1 aromatic rings. The maximum atomic E-state index is 13.7. The number of hydrogen-bond donors (Lipinski definition) is 2. The van der Waals surface area contributed by atoms with Crippen LogP contribution in [0.2, 0.25) is 0 Å². The molecule has 0 atom stereocenters. The highest BCUT2D eigenvalue weighted by atomic mass is 19.1. The van der Waals surface area contributed by atoms with Crippen molar-refractivity contribution in [3.8, 4) is 0 Å². The zero-order valence-electron chi connectivity index (χ0n) is 11.8. The molecule has 1 aliphatic heterocycles. The normalized spacial score (nSPS) is 16.4. The van der Waals surface area contributed by atoms with E-state index in [1.807, 2.05) is 12.1 Å². The molecular weight excluding hydrogens is 255 g/mol. The summed E-state index contributed by atoms with van der Waals surface area (Å²) in [6, 6.07) is 6.97. The molecule has 4 nitrogen and oxygen atoms in total. The number of nitrogens with two attached hydrogens (primary N) is 1. The van der Waals surface area contributed by atoms with E-state index in [9.17, 15) is 4.39 Å². The van der Waals surface area contributed by atoms with Gasteiger partial charge in [-0.05, 0) is 31.5 Å². The number of piperazine rings is 1. The zero-order chi connectivity index (χ0) is 14.4. The van der Waals surface area contributed by atoms with Crippen LogP contribution in [0.4, 0.5) is 10.1 Å². The zero-order valence-corrected chi connectivity index (χ0v) is 11.8. The second-order valence-corrected chi connectivity index (χ2v) is 5.26. The molecule has 20 heavy (non-hydrogen) atoms. The maximum Gasteiger partial charge on any atom is 0.146 e. The topological polar surface area (TPSA) is 56.4 Å². The minimum absolute atomic E-state index is 0.137. The fourth-order valence-corrected chi connectivity index (χ4v) is 2.57. The molecule has 1 aromatic carbocycles. The van der Waals surface area contributed by atoms with Gasteiger partial charge >= 0.3 is 0 Å². The number of halogens is 1. The number of nitrogens with zero attached hydrogens (tertiary/aromatic N) is 2. The van der Waals surface area contributed by atoms with Crippen molar-refractivity contribution < 1.29 is 4.39 Å². The third kappa shape index (κ3) is 4.20. The van der Waals surface area contributed by atoms with Gasteiger partial charge in [0, 0.05) is 32.6 Å². The lowest BCUT2D eigenvalue weighted by atomic mass is 10.2. The van der Waals surface area contributed by atoms with Gasteiger partial charge in [0.2, 0.25) is 0 Å². The van der Waals surface area contributed by atoms with Gasteiger partial charge in [-0.1, -0.05) is 12.1 Å². The fourth-order valence-electron chi connectivity index (χ4n) is 2.57. The first-order valence-electron chi connectivity index (χ1n) is 7.21. The van der Waals surface area contributed by atoms with Crippen molar-refractivity contribution in [2.24, 2.45) is 5.73 Å². The Morgan fingerprint density at radius 2 is 1.85 bits per heavy atom. The molecule has 110 valence electrons. The molecule has 0 amide bonds. The first-order valence-corrected chi connectivity index (χ1v) is 7.21. The lowest BCUT2D eigenvalue weighted by Crippen LogP contribution is -2.46. The van der Waals surface area contributed by atoms with E-state index in [2.05, 4.69) is 9.80 Å². The van der Waals surface area contributed by atoms with Crippen LogP contribution in [0.5, 0.6) is 0 Å². The van der Waals surface area contributed by atoms with Gasteiger partial charge in [0.1, 0.15) is 5.82 Å². The molecule has 0 aromatic heterocycles. The average Bonchev–Trinajstić information content (AvgIpc) is 2.45. The molecule has 1 saturated heterocycles. The number of benzene rings is 1. The quantitative estimate of drug-likeness (QED) is 0.476. The van der Waals surface area contributed by atoms with Gasteiger partial charge in [0.15, 0.2) is 0 Å². The van der Waals surface area contributed by atoms with Crippen LogP contribution in [0.15, 0.2) is 24.3 Å². The minimum atomic E-state index is -0.137. The summed E-state index contributed by atoms with van der Waals surface area (Å²) < 4.78 is 13.7. The average molecular weight is 278 g/mol. The largest absolute Gasteiger partial charge is 0.388 e. The van der Waals surface area contributed by atoms with Crippen LogP contribution >= 0.6 is 0 Å². The molecule has 3 N–H and O–H groups in total. The summed E-state index contributed by atoms with van der Waals surface area (Å²) in [5.74, 6) is 0.136. The highest BCUT2D eigenvalue weighted by Gasteiger charge is 2.18. The fraction of sp³-hybridized carbons (Fsp3) is 0.533. The van der Waals surface area contributed by atoms with Crippen LogP contribution in [0.1, 0.15) is 19.3 Å². The number of para-hydroxylation sites is 1. The Morgan fingerprint density at radius 1 is 1.15 bits per heavy atom. The van der Waals surface area contributed by atoms with Crippen LogP contribution in [0.25, 0.3) is 0 Å². The Morgan fingerprint density at radius 3 is 2.50 bits per heavy atom. The molecule has 1 heterocycles. The molecule has 1 aliphatic rings. The van der Waals surface area contributed by atoms with Crippen molar-refractivity contribution in [3.63, 3.8) is 0 Å². The van der Waals surface area contributed by atoms with Crippen LogP contribution in [-0.2, 0) is 0 Å². The van der Waals surface area contributed by atoms with E-state index in [1.54, 1.807) is 6.07 Å². The van der Waals surface area contributed by atoms with E-state index in [0.29, 0.717) is 12.1 Å². The second-order valence-electron chi connectivity index (χ2n) is 5.26. The van der Waals surface area contributed by atoms with Crippen molar-refractivity contribution >= 4 is 11.5 Å². The molecule has 5 heteroatoms. The third-order valence-corrected chi connectivity index (χ3v) is 3.74. The van der Waals surface area contributed by atoms with Crippen LogP contribution < -0.4 is 10.6 Å². The monoisotopic (exact) mass is 278 g/mol. The van der Waals surface area contributed by atoms with Crippen LogP contribution in [0.3, 0.4) is 0 Å². The lowest BCUT2D eigenvalue weighted by Gasteiger charge is -2.36. The Kier molecular flexibility index (Phi) is 5.35. The number of amidine groups is 1. The van der Waals surface area contributed by atoms with E-state index in [0.717, 1.165) is 45.6 Å². The summed E-state index contributed by atoms with van der Waals surface area (Å²) in [5, 5.41) is 7.18. The Labute approximate surface area is 119 Å². The van der Waals surface area contributed by atoms with Crippen LogP contribution in [-0.4, -0.2) is 43.5 Å². The van der Waals surface area contributed by atoms with Gasteiger partial charge in [-0.3, -0.25) is 10.3 Å². The smallest absolute Gasteiger partial charge is 0.146 e. The summed E-state index contributed by atoms with van der Waals surface area (Å²) in [6.45, 7) is 4.71. The lowest BCUT2D eigenvalue weighted by molar-refractivity contribution is 0.253. The molecule has 0 saturated carbocycles. The van der Waals surface area contributed by atoms with Crippen molar-refractivity contribution in [1.82, 2.24) is 4.90 Å². The standard InChI is InChI=1S/C15H23FN4/c16-13-5-1-2-6-14(13)20-11-9-19(10-12-20)8-4-3-7-15(17)18/h1-2,5-6H,3-4,7-12H2,(H3,17,18). The molecule has 0 radical (unpaired) electrons. The Hall–Kier alpha value is -1.62. The first-order chi connectivity index (χ1) is 9.66. The van der Waals surface area contributed by atoms with Crippen molar-refractivity contribution in [1.29, 1.82) is 5.41 Å². The number of nitrogens with one attached hydrogen (secondary N) is 1. The van der Waals surface area contributed by atoms with Crippen molar-refractivity contribution in [2.75, 3.05) is 37.6 Å². The number of anilines is 1. The predicted molar refractivity (Wildman–Crippen MR) is 80.8 cm³/mol. The van der Waals surface area contributed by atoms with Crippen molar-refractivity contribution in [2.45, 2.75) is 19.3 Å². The van der Waals surface area contributed by atoms with Crippen LogP contribution in [0, 0.1) is 11.2 Å². The molecule has 2 rings (SSSR count). The number of rotatable bonds is 6. The molecule has 0 aliphatic carbocycles. The number of unbranched alkanes of at least 4 members (excludes halogenated alkanes) is 1. The van der Waals surface area contributed by atoms with Gasteiger partial charge < -0.3 is 10.6 Å². The first kappa shape index (κ1) is 14.8. The maximum absolute atomic E-state index is 13.7. The summed E-state index contributed by atoms with van der Waals surface area (Å²) >= 11 is 0. The Bertz CT molecular complexity index is 441. The van der Waals surface area contributed by atoms with E-state index in [1.165, 1.54) is 6.07 Å². The Balaban J connectivity index is 1.73. The second kappa shape index (κ2) is 7.24. The summed E-state index contributed by atoms with van der Waals surface area (Å²) in [5.41, 5.74) is 6.05. The van der Waals surface area contributed by atoms with Gasteiger partial charge in [0.25, 0.3) is 0 Å². The molecule has 0 spiro atoms. The van der Waals surface area contributed by atoms with Gasteiger partial charge in [-0.25, -0.2) is 4.39 Å². The highest BCUT2D eigenvalue weighted by molar-refractivity contribution is 5.76. The molecule has 0 bridgehead atoms. The van der Waals surface area contributed by atoms with E-state index < -0.39 is 0 Å². The summed E-state index contributed by atoms with van der Waals surface area (Å²) in [4.78, 5) is 4.51. The molecule has 0 unspecified atom stereocenters. The van der Waals surface area contributed by atoms with Crippen molar-refractivity contribution in [3.05, 3.63) is 30.1 Å².